The first-order chi connectivity index (χ1) is 20.4. The van der Waals surface area contributed by atoms with Gasteiger partial charge in [0.15, 0.2) is 0 Å². The van der Waals surface area contributed by atoms with Crippen molar-refractivity contribution in [3.05, 3.63) is 65.2 Å². The van der Waals surface area contributed by atoms with Crippen molar-refractivity contribution in [2.45, 2.75) is 84.1 Å². The Morgan fingerprint density at radius 3 is 2.49 bits per heavy atom. The van der Waals surface area contributed by atoms with Gasteiger partial charge in [0.1, 0.15) is 11.6 Å². The van der Waals surface area contributed by atoms with E-state index in [0.717, 1.165) is 67.0 Å². The number of nitrogens with one attached hydrogen (secondary N) is 1. The standard InChI is InChI=1S/C35H52FN5O2/c1-8-40(9-2)22-23-41(33(42)43)35(17-16-26-24-27(36)14-15-28(26)31(35)25(3)4)19-21-39(7)20-18-34(5,6)32-37-29-12-10-11-13-30(29)38-32/h10-15,24-25,31H,8-9,16-23H2,1-7H3,(H,37,38)(H,42,43)/t31-,35-/m0/s1. The minimum absolute atomic E-state index is 0.0231. The van der Waals surface area contributed by atoms with E-state index in [1.54, 1.807) is 11.0 Å². The number of amides is 1. The summed E-state index contributed by atoms with van der Waals surface area (Å²) in [6.45, 7) is 17.6. The van der Waals surface area contributed by atoms with Gasteiger partial charge in [0.2, 0.25) is 0 Å². The molecule has 43 heavy (non-hydrogen) atoms. The first-order valence-corrected chi connectivity index (χ1v) is 16.1. The largest absolute Gasteiger partial charge is 0.465 e. The molecule has 2 N–H and O–H groups in total. The highest BCUT2D eigenvalue weighted by molar-refractivity contribution is 5.75. The Balaban J connectivity index is 1.58. The summed E-state index contributed by atoms with van der Waals surface area (Å²) < 4.78 is 14.3. The van der Waals surface area contributed by atoms with Gasteiger partial charge in [0, 0.05) is 31.0 Å². The monoisotopic (exact) mass is 593 g/mol. The molecule has 1 aromatic heterocycles. The summed E-state index contributed by atoms with van der Waals surface area (Å²) in [5.41, 5.74) is 3.43. The first kappa shape index (κ1) is 32.9. The number of rotatable bonds is 14. The fourth-order valence-corrected chi connectivity index (χ4v) is 7.24. The van der Waals surface area contributed by atoms with Gasteiger partial charge in [-0.1, -0.05) is 59.7 Å². The zero-order valence-corrected chi connectivity index (χ0v) is 27.3. The van der Waals surface area contributed by atoms with Crippen molar-refractivity contribution < 1.29 is 14.3 Å². The Hall–Kier alpha value is -2.97. The summed E-state index contributed by atoms with van der Waals surface area (Å²) in [5, 5.41) is 10.7. The molecule has 4 rings (SSSR count). The molecule has 0 radical (unpaired) electrons. The van der Waals surface area contributed by atoms with Gasteiger partial charge in [-0.05, 0) is 93.7 Å². The van der Waals surface area contributed by atoms with Gasteiger partial charge >= 0.3 is 6.09 Å². The lowest BCUT2D eigenvalue weighted by Crippen LogP contribution is -2.60. The first-order valence-electron chi connectivity index (χ1n) is 16.1. The van der Waals surface area contributed by atoms with Crippen LogP contribution in [-0.4, -0.2) is 87.7 Å². The normalized spacial score (nSPS) is 19.0. The number of carboxylic acid groups (broad SMARTS) is 1. The molecular formula is C35H52FN5O2. The van der Waals surface area contributed by atoms with Crippen LogP contribution in [0, 0.1) is 11.7 Å². The van der Waals surface area contributed by atoms with Gasteiger partial charge in [-0.2, -0.15) is 0 Å². The van der Waals surface area contributed by atoms with E-state index in [0.29, 0.717) is 25.9 Å². The third-order valence-corrected chi connectivity index (χ3v) is 9.89. The molecule has 8 heteroatoms. The second kappa shape index (κ2) is 13.8. The second-order valence-corrected chi connectivity index (χ2v) is 13.4. The van der Waals surface area contributed by atoms with E-state index in [4.69, 9.17) is 4.98 Å². The molecule has 0 fully saturated rings. The Labute approximate surface area is 257 Å². The molecule has 0 spiro atoms. The van der Waals surface area contributed by atoms with Crippen LogP contribution in [-0.2, 0) is 11.8 Å². The van der Waals surface area contributed by atoms with Crippen molar-refractivity contribution >= 4 is 17.1 Å². The summed E-state index contributed by atoms with van der Waals surface area (Å²) in [4.78, 5) is 27.8. The Morgan fingerprint density at radius 1 is 1.12 bits per heavy atom. The van der Waals surface area contributed by atoms with Crippen LogP contribution in [0.3, 0.4) is 0 Å². The number of imidazole rings is 1. The van der Waals surface area contributed by atoms with Crippen LogP contribution in [0.25, 0.3) is 11.0 Å². The van der Waals surface area contributed by atoms with E-state index in [1.807, 2.05) is 24.3 Å². The van der Waals surface area contributed by atoms with Crippen LogP contribution in [0.2, 0.25) is 0 Å². The fourth-order valence-electron chi connectivity index (χ4n) is 7.24. The molecule has 0 unspecified atom stereocenters. The molecular weight excluding hydrogens is 541 g/mol. The molecule has 0 saturated heterocycles. The van der Waals surface area contributed by atoms with Crippen LogP contribution in [0.4, 0.5) is 9.18 Å². The Bertz CT molecular complexity index is 1330. The van der Waals surface area contributed by atoms with Crippen molar-refractivity contribution in [1.82, 2.24) is 24.7 Å². The van der Waals surface area contributed by atoms with Crippen molar-refractivity contribution in [2.24, 2.45) is 5.92 Å². The van der Waals surface area contributed by atoms with E-state index in [9.17, 15) is 14.3 Å². The number of likely N-dealkylation sites (N-methyl/N-ethyl adjacent to an activating group) is 1. The molecule has 1 aliphatic rings. The third kappa shape index (κ3) is 7.23. The summed E-state index contributed by atoms with van der Waals surface area (Å²) in [6, 6.07) is 13.2. The number of aromatic amines is 1. The molecule has 236 valence electrons. The smallest absolute Gasteiger partial charge is 0.407 e. The molecule has 1 heterocycles. The summed E-state index contributed by atoms with van der Waals surface area (Å²) >= 11 is 0. The lowest BCUT2D eigenvalue weighted by Gasteiger charge is -2.53. The zero-order chi connectivity index (χ0) is 31.4. The highest BCUT2D eigenvalue weighted by atomic mass is 19.1. The number of H-pyrrole nitrogens is 1. The maximum atomic E-state index is 14.3. The van der Waals surface area contributed by atoms with E-state index >= 15 is 0 Å². The number of nitrogens with zero attached hydrogens (tertiary/aromatic N) is 4. The number of benzene rings is 2. The number of aromatic nitrogens is 2. The number of hydrogen-bond acceptors (Lipinski definition) is 4. The Kier molecular flexibility index (Phi) is 10.5. The van der Waals surface area contributed by atoms with Crippen LogP contribution in [0.1, 0.15) is 83.7 Å². The number of halogens is 1. The van der Waals surface area contributed by atoms with Crippen LogP contribution >= 0.6 is 0 Å². The van der Waals surface area contributed by atoms with Crippen molar-refractivity contribution in [1.29, 1.82) is 0 Å². The third-order valence-electron chi connectivity index (χ3n) is 9.89. The highest BCUT2D eigenvalue weighted by Gasteiger charge is 2.50. The fraction of sp³-hybridized carbons (Fsp3) is 0.600. The van der Waals surface area contributed by atoms with Crippen LogP contribution in [0.5, 0.6) is 0 Å². The predicted octanol–water partition coefficient (Wildman–Crippen LogP) is 7.14. The number of hydrogen-bond donors (Lipinski definition) is 2. The predicted molar refractivity (Wildman–Crippen MR) is 173 cm³/mol. The van der Waals surface area contributed by atoms with Gasteiger partial charge in [-0.3, -0.25) is 0 Å². The molecule has 1 aliphatic carbocycles. The molecule has 0 aliphatic heterocycles. The summed E-state index contributed by atoms with van der Waals surface area (Å²) in [5.74, 6) is 0.933. The van der Waals surface area contributed by atoms with E-state index in [1.165, 1.54) is 6.07 Å². The second-order valence-electron chi connectivity index (χ2n) is 13.4. The van der Waals surface area contributed by atoms with E-state index in [2.05, 4.69) is 69.4 Å². The number of aryl methyl sites for hydroxylation is 1. The topological polar surface area (TPSA) is 75.7 Å². The van der Waals surface area contributed by atoms with E-state index < -0.39 is 11.6 Å². The minimum atomic E-state index is -0.864. The zero-order valence-electron chi connectivity index (χ0n) is 27.3. The number of fused-ring (bicyclic) bond motifs is 2. The average Bonchev–Trinajstić information content (AvgIpc) is 3.42. The van der Waals surface area contributed by atoms with Gasteiger partial charge in [0.25, 0.3) is 0 Å². The maximum Gasteiger partial charge on any atom is 0.407 e. The lowest BCUT2D eigenvalue weighted by atomic mass is 9.63. The molecule has 7 nitrogen and oxygen atoms in total. The van der Waals surface area contributed by atoms with Crippen molar-refractivity contribution in [3.8, 4) is 0 Å². The summed E-state index contributed by atoms with van der Waals surface area (Å²) in [7, 11) is 2.14. The van der Waals surface area contributed by atoms with Crippen molar-refractivity contribution in [2.75, 3.05) is 46.3 Å². The SMILES string of the molecule is CCN(CC)CCN(C(=O)O)[C@]1(CCN(C)CCC(C)(C)c2nc3ccccc3[nH]2)CCc2cc(F)ccc2[C@@H]1C(C)C. The van der Waals surface area contributed by atoms with Crippen LogP contribution in [0.15, 0.2) is 42.5 Å². The highest BCUT2D eigenvalue weighted by Crippen LogP contribution is 2.49. The molecule has 1 amide bonds. The quantitative estimate of drug-likeness (QED) is 0.208. The molecule has 0 bridgehead atoms. The minimum Gasteiger partial charge on any atom is -0.465 e. The van der Waals surface area contributed by atoms with Gasteiger partial charge < -0.3 is 24.8 Å². The molecule has 2 aromatic carbocycles. The average molecular weight is 594 g/mol. The van der Waals surface area contributed by atoms with Gasteiger partial charge in [0.05, 0.1) is 16.6 Å². The molecule has 0 saturated carbocycles. The van der Waals surface area contributed by atoms with Crippen LogP contribution < -0.4 is 0 Å². The number of para-hydroxylation sites is 2. The molecule has 2 atom stereocenters. The molecule has 3 aromatic rings. The Morgan fingerprint density at radius 2 is 1.84 bits per heavy atom. The lowest BCUT2D eigenvalue weighted by molar-refractivity contribution is 0.0167. The van der Waals surface area contributed by atoms with Gasteiger partial charge in [-0.15, -0.1) is 0 Å². The summed E-state index contributed by atoms with van der Waals surface area (Å²) in [6.07, 6.45) is 2.13. The van der Waals surface area contributed by atoms with E-state index in [-0.39, 0.29) is 23.1 Å². The van der Waals surface area contributed by atoms with Crippen molar-refractivity contribution in [3.63, 3.8) is 0 Å². The maximum absolute atomic E-state index is 14.3. The van der Waals surface area contributed by atoms with Gasteiger partial charge in [-0.25, -0.2) is 14.2 Å². The number of carbonyl (C=O) groups is 1.